The third-order valence-electron chi connectivity index (χ3n) is 8.55. The van der Waals surface area contributed by atoms with E-state index in [0.717, 1.165) is 55.9 Å². The second kappa shape index (κ2) is 11.3. The summed E-state index contributed by atoms with van der Waals surface area (Å²) >= 11 is 0. The van der Waals surface area contributed by atoms with Gasteiger partial charge in [0.15, 0.2) is 0 Å². The van der Waals surface area contributed by atoms with E-state index in [-0.39, 0.29) is 11.8 Å². The zero-order chi connectivity index (χ0) is 31.0. The Morgan fingerprint density at radius 1 is 0.391 bits per heavy atom. The molecule has 8 rings (SSSR count). The van der Waals surface area contributed by atoms with E-state index in [2.05, 4.69) is 48.6 Å². The van der Waals surface area contributed by atoms with Crippen molar-refractivity contribution in [3.8, 4) is 0 Å². The standard InChI is InChI=1S/C42H28N2O2/c45-41-39(33-17-9-3-10-18-33)37(31-13-5-1-6-14-31)35-27-29(23-25-43(35)41)21-22-30-24-26-44-36(28-30)38(32-15-7-2-8-16-32)40(42(44)46)34-19-11-4-12-20-34/h1-28H. The Morgan fingerprint density at radius 3 is 1.02 bits per heavy atom. The molecule has 4 aromatic carbocycles. The zero-order valence-corrected chi connectivity index (χ0v) is 24.9. The average molecular weight is 593 g/mol. The third-order valence-corrected chi connectivity index (χ3v) is 8.55. The molecule has 2 amide bonds. The molecule has 0 bridgehead atoms. The summed E-state index contributed by atoms with van der Waals surface area (Å²) in [5.41, 5.74) is 10.7. The molecule has 0 fully saturated rings. The molecule has 0 atom stereocenters. The molecular weight excluding hydrogens is 564 g/mol. The fourth-order valence-corrected chi connectivity index (χ4v) is 6.42. The summed E-state index contributed by atoms with van der Waals surface area (Å²) in [7, 11) is 0. The number of carbonyl (C=O) groups is 2. The Morgan fingerprint density at radius 2 is 0.696 bits per heavy atom. The van der Waals surface area contributed by atoms with Gasteiger partial charge in [-0.05, 0) is 57.7 Å². The monoisotopic (exact) mass is 592 g/mol. The molecule has 4 heterocycles. The van der Waals surface area contributed by atoms with Crippen molar-refractivity contribution in [3.63, 3.8) is 0 Å². The Balaban J connectivity index is 1.20. The van der Waals surface area contributed by atoms with E-state index in [1.54, 1.807) is 9.80 Å². The van der Waals surface area contributed by atoms with Crippen molar-refractivity contribution in [1.82, 2.24) is 9.80 Å². The number of nitrogens with zero attached hydrogens (tertiary/aromatic N) is 2. The molecule has 4 aromatic rings. The lowest BCUT2D eigenvalue weighted by Gasteiger charge is -2.20. The Kier molecular flexibility index (Phi) is 6.73. The van der Waals surface area contributed by atoms with Crippen molar-refractivity contribution in [2.45, 2.75) is 0 Å². The molecule has 0 saturated carbocycles. The van der Waals surface area contributed by atoms with Crippen LogP contribution >= 0.6 is 0 Å². The second-order valence-electron chi connectivity index (χ2n) is 11.3. The number of hydrogen-bond donors (Lipinski definition) is 0. The number of hydrogen-bond acceptors (Lipinski definition) is 2. The van der Waals surface area contributed by atoms with Gasteiger partial charge < -0.3 is 0 Å². The summed E-state index contributed by atoms with van der Waals surface area (Å²) < 4.78 is 0. The quantitative estimate of drug-likeness (QED) is 0.233. The van der Waals surface area contributed by atoms with E-state index in [4.69, 9.17) is 0 Å². The van der Waals surface area contributed by atoms with Crippen LogP contribution in [0.25, 0.3) is 22.3 Å². The van der Waals surface area contributed by atoms with Gasteiger partial charge in [-0.25, -0.2) is 0 Å². The van der Waals surface area contributed by atoms with Crippen LogP contribution in [0.2, 0.25) is 0 Å². The van der Waals surface area contributed by atoms with Crippen LogP contribution in [-0.2, 0) is 9.59 Å². The topological polar surface area (TPSA) is 40.6 Å². The maximum atomic E-state index is 13.7. The Labute approximate surface area is 267 Å². The summed E-state index contributed by atoms with van der Waals surface area (Å²) in [5, 5.41) is 0. The molecule has 0 aliphatic carbocycles. The summed E-state index contributed by atoms with van der Waals surface area (Å²) in [6.45, 7) is 0. The maximum Gasteiger partial charge on any atom is 0.263 e. The van der Waals surface area contributed by atoms with Crippen LogP contribution < -0.4 is 0 Å². The van der Waals surface area contributed by atoms with Crippen LogP contribution in [0.15, 0.2) is 193 Å². The minimum Gasteiger partial charge on any atom is -0.283 e. The van der Waals surface area contributed by atoms with Crippen molar-refractivity contribution < 1.29 is 9.59 Å². The van der Waals surface area contributed by atoms with Crippen molar-refractivity contribution in [2.24, 2.45) is 0 Å². The van der Waals surface area contributed by atoms with Gasteiger partial charge in [-0.15, -0.1) is 0 Å². The van der Waals surface area contributed by atoms with E-state index in [0.29, 0.717) is 11.1 Å². The number of rotatable bonds is 5. The van der Waals surface area contributed by atoms with Crippen molar-refractivity contribution in [3.05, 3.63) is 215 Å². The van der Waals surface area contributed by atoms with Crippen LogP contribution in [0.5, 0.6) is 0 Å². The molecule has 0 spiro atoms. The molecule has 0 aromatic heterocycles. The van der Waals surface area contributed by atoms with Gasteiger partial charge in [0.1, 0.15) is 0 Å². The predicted octanol–water partition coefficient (Wildman–Crippen LogP) is 8.57. The van der Waals surface area contributed by atoms with E-state index in [1.807, 2.05) is 122 Å². The van der Waals surface area contributed by atoms with Crippen LogP contribution in [0.1, 0.15) is 22.3 Å². The minimum atomic E-state index is -0.0367. The lowest BCUT2D eigenvalue weighted by atomic mass is 9.93. The second-order valence-corrected chi connectivity index (χ2v) is 11.3. The summed E-state index contributed by atoms with van der Waals surface area (Å²) in [4.78, 5) is 30.9. The van der Waals surface area contributed by atoms with Crippen molar-refractivity contribution >= 4 is 34.1 Å². The fraction of sp³-hybridized carbons (Fsp3) is 0. The molecule has 4 aliphatic rings. The molecule has 0 radical (unpaired) electrons. The number of benzene rings is 4. The highest BCUT2D eigenvalue weighted by atomic mass is 16.2. The van der Waals surface area contributed by atoms with Crippen molar-refractivity contribution in [1.29, 1.82) is 0 Å². The number of carbonyl (C=O) groups excluding carboxylic acids is 2. The molecule has 218 valence electrons. The molecule has 4 nitrogen and oxygen atoms in total. The third kappa shape index (κ3) is 4.64. The first-order valence-electron chi connectivity index (χ1n) is 15.3. The molecule has 46 heavy (non-hydrogen) atoms. The SMILES string of the molecule is O=C1C(c2ccccc2)=C(c2ccccc2)C2=CC(=CC=C3C=CN4C(=O)C(c5ccccc5)=C(c5ccccc5)C4=C3)C=CN12. The Hall–Kier alpha value is -6.26. The Bertz CT molecular complexity index is 1990. The lowest BCUT2D eigenvalue weighted by Crippen LogP contribution is -2.21. The summed E-state index contributed by atoms with van der Waals surface area (Å²) in [5.74, 6) is -0.0734. The lowest BCUT2D eigenvalue weighted by molar-refractivity contribution is -0.121. The van der Waals surface area contributed by atoms with Gasteiger partial charge in [0.2, 0.25) is 0 Å². The largest absolute Gasteiger partial charge is 0.283 e. The number of amides is 2. The van der Waals surface area contributed by atoms with Gasteiger partial charge in [0.25, 0.3) is 11.8 Å². The van der Waals surface area contributed by atoms with Gasteiger partial charge in [-0.2, -0.15) is 0 Å². The van der Waals surface area contributed by atoms with Gasteiger partial charge in [0, 0.05) is 23.5 Å². The normalized spacial score (nSPS) is 18.9. The first-order valence-corrected chi connectivity index (χ1v) is 15.3. The van der Waals surface area contributed by atoms with E-state index >= 15 is 0 Å². The molecule has 4 heteroatoms. The highest BCUT2D eigenvalue weighted by Gasteiger charge is 2.37. The zero-order valence-electron chi connectivity index (χ0n) is 24.9. The molecule has 4 aliphatic heterocycles. The van der Waals surface area contributed by atoms with E-state index in [1.165, 1.54) is 0 Å². The predicted molar refractivity (Wildman–Crippen MR) is 184 cm³/mol. The van der Waals surface area contributed by atoms with E-state index in [9.17, 15) is 9.59 Å². The van der Waals surface area contributed by atoms with Gasteiger partial charge in [-0.3, -0.25) is 19.4 Å². The van der Waals surface area contributed by atoms with Crippen molar-refractivity contribution in [2.75, 3.05) is 0 Å². The summed E-state index contributed by atoms with van der Waals surface area (Å²) in [6, 6.07) is 39.9. The maximum absolute atomic E-state index is 13.7. The molecule has 0 N–H and O–H groups in total. The van der Waals surface area contributed by atoms with Crippen LogP contribution in [0.3, 0.4) is 0 Å². The first kappa shape index (κ1) is 27.3. The fourth-order valence-electron chi connectivity index (χ4n) is 6.42. The van der Waals surface area contributed by atoms with Gasteiger partial charge >= 0.3 is 0 Å². The van der Waals surface area contributed by atoms with Crippen LogP contribution in [0.4, 0.5) is 0 Å². The summed E-state index contributed by atoms with van der Waals surface area (Å²) in [6.07, 6.45) is 15.9. The van der Waals surface area contributed by atoms with Crippen LogP contribution in [0, 0.1) is 0 Å². The highest BCUT2D eigenvalue weighted by molar-refractivity contribution is 6.35. The average Bonchev–Trinajstić information content (AvgIpc) is 3.58. The molecular formula is C42H28N2O2. The smallest absolute Gasteiger partial charge is 0.263 e. The highest BCUT2D eigenvalue weighted by Crippen LogP contribution is 2.45. The van der Waals surface area contributed by atoms with Gasteiger partial charge in [0.05, 0.1) is 22.5 Å². The molecule has 0 unspecified atom stereocenters. The number of allylic oxidation sites excluding steroid dienone is 10. The van der Waals surface area contributed by atoms with Gasteiger partial charge in [-0.1, -0.05) is 133 Å². The minimum absolute atomic E-state index is 0.0367. The molecule has 0 saturated heterocycles. The first-order chi connectivity index (χ1) is 22.7. The van der Waals surface area contributed by atoms with E-state index < -0.39 is 0 Å². The van der Waals surface area contributed by atoms with Crippen LogP contribution in [-0.4, -0.2) is 21.6 Å². The number of fused-ring (bicyclic) bond motifs is 2.